The molecule has 1 aliphatic carbocycles. The van der Waals surface area contributed by atoms with Crippen LogP contribution in [-0.2, 0) is 22.9 Å². The highest BCUT2D eigenvalue weighted by Gasteiger charge is 2.28. The molecular formula is C18H18FNO3S. The lowest BCUT2D eigenvalue weighted by molar-refractivity contribution is 0.262. The van der Waals surface area contributed by atoms with E-state index in [1.165, 1.54) is 17.7 Å². The van der Waals surface area contributed by atoms with Crippen LogP contribution in [0.15, 0.2) is 41.3 Å². The van der Waals surface area contributed by atoms with Crippen LogP contribution in [0.3, 0.4) is 0 Å². The van der Waals surface area contributed by atoms with Gasteiger partial charge >= 0.3 is 0 Å². The molecule has 1 heterocycles. The van der Waals surface area contributed by atoms with Gasteiger partial charge in [-0.15, -0.1) is 0 Å². The Morgan fingerprint density at radius 2 is 1.92 bits per heavy atom. The Bertz CT molecular complexity index is 895. The van der Waals surface area contributed by atoms with Crippen LogP contribution < -0.4 is 9.46 Å². The Morgan fingerprint density at radius 3 is 2.79 bits per heavy atom. The van der Waals surface area contributed by atoms with Crippen LogP contribution in [-0.4, -0.2) is 15.0 Å². The molecule has 1 atom stereocenters. The fraction of sp³-hybridized carbons (Fsp3) is 0.333. The topological polar surface area (TPSA) is 55.4 Å². The van der Waals surface area contributed by atoms with Gasteiger partial charge in [-0.1, -0.05) is 6.07 Å². The van der Waals surface area contributed by atoms with Crippen molar-refractivity contribution in [3.8, 4) is 5.75 Å². The van der Waals surface area contributed by atoms with E-state index in [-0.39, 0.29) is 4.90 Å². The summed E-state index contributed by atoms with van der Waals surface area (Å²) >= 11 is 0. The van der Waals surface area contributed by atoms with E-state index in [4.69, 9.17) is 4.74 Å². The van der Waals surface area contributed by atoms with E-state index in [1.807, 2.05) is 6.07 Å². The van der Waals surface area contributed by atoms with Crippen molar-refractivity contribution >= 4 is 10.0 Å². The van der Waals surface area contributed by atoms with Gasteiger partial charge < -0.3 is 4.74 Å². The quantitative estimate of drug-likeness (QED) is 0.928. The van der Waals surface area contributed by atoms with Crippen LogP contribution in [0.5, 0.6) is 5.75 Å². The van der Waals surface area contributed by atoms with E-state index in [0.29, 0.717) is 24.3 Å². The van der Waals surface area contributed by atoms with Crippen LogP contribution in [0.25, 0.3) is 0 Å². The largest absolute Gasteiger partial charge is 0.493 e. The summed E-state index contributed by atoms with van der Waals surface area (Å²) in [7, 11) is -3.67. The number of hydrogen-bond donors (Lipinski definition) is 1. The molecule has 0 saturated heterocycles. The molecule has 0 bridgehead atoms. The third-order valence-corrected chi connectivity index (χ3v) is 6.16. The van der Waals surface area contributed by atoms with Gasteiger partial charge in [0, 0.05) is 12.0 Å². The lowest BCUT2D eigenvalue weighted by Gasteiger charge is -2.26. The molecule has 0 amide bonds. The Morgan fingerprint density at radius 1 is 1.08 bits per heavy atom. The maximum atomic E-state index is 13.5. The second-order valence-corrected chi connectivity index (χ2v) is 7.99. The fourth-order valence-electron chi connectivity index (χ4n) is 3.46. The van der Waals surface area contributed by atoms with Crippen molar-refractivity contribution in [2.75, 3.05) is 6.61 Å². The second-order valence-electron chi connectivity index (χ2n) is 6.28. The molecule has 1 N–H and O–H groups in total. The van der Waals surface area contributed by atoms with Gasteiger partial charge in [0.1, 0.15) is 11.6 Å². The monoisotopic (exact) mass is 347 g/mol. The van der Waals surface area contributed by atoms with Crippen molar-refractivity contribution in [2.24, 2.45) is 0 Å². The maximum Gasteiger partial charge on any atom is 0.241 e. The normalized spacial score (nSPS) is 19.5. The third-order valence-electron chi connectivity index (χ3n) is 4.69. The van der Waals surface area contributed by atoms with Crippen molar-refractivity contribution in [2.45, 2.75) is 36.6 Å². The number of benzene rings is 2. The first-order valence-corrected chi connectivity index (χ1v) is 9.58. The van der Waals surface area contributed by atoms with E-state index in [2.05, 4.69) is 4.72 Å². The van der Waals surface area contributed by atoms with Gasteiger partial charge in [-0.05, 0) is 60.7 Å². The number of ether oxygens (including phenoxy) is 1. The molecule has 4 nitrogen and oxygen atoms in total. The standard InChI is InChI=1S/C18H18FNO3S/c19-14-5-7-18-16(11-14)17(8-9-23-18)20-24(21,22)15-6-4-12-2-1-3-13(12)10-15/h4-7,10-11,17,20H,1-3,8-9H2. The minimum atomic E-state index is -3.67. The molecule has 2 aliphatic rings. The smallest absolute Gasteiger partial charge is 0.241 e. The molecule has 6 heteroatoms. The van der Waals surface area contributed by atoms with Crippen LogP contribution >= 0.6 is 0 Å². The number of rotatable bonds is 3. The molecule has 0 saturated carbocycles. The summed E-state index contributed by atoms with van der Waals surface area (Å²) < 4.78 is 47.2. The zero-order chi connectivity index (χ0) is 16.7. The highest BCUT2D eigenvalue weighted by atomic mass is 32.2. The van der Waals surface area contributed by atoms with Gasteiger partial charge in [0.15, 0.2) is 0 Å². The second kappa shape index (κ2) is 5.86. The van der Waals surface area contributed by atoms with Crippen molar-refractivity contribution < 1.29 is 17.5 Å². The molecule has 1 aliphatic heterocycles. The minimum Gasteiger partial charge on any atom is -0.493 e. The number of sulfonamides is 1. The van der Waals surface area contributed by atoms with E-state index in [9.17, 15) is 12.8 Å². The first-order valence-electron chi connectivity index (χ1n) is 8.09. The number of aryl methyl sites for hydroxylation is 2. The summed E-state index contributed by atoms with van der Waals surface area (Å²) in [5, 5.41) is 0. The molecular weight excluding hydrogens is 329 g/mol. The summed E-state index contributed by atoms with van der Waals surface area (Å²) in [5.74, 6) is 0.130. The first kappa shape index (κ1) is 15.6. The summed E-state index contributed by atoms with van der Waals surface area (Å²) in [6.45, 7) is 0.399. The molecule has 0 spiro atoms. The third kappa shape index (κ3) is 2.80. The van der Waals surface area contributed by atoms with Crippen LogP contribution in [0.1, 0.15) is 35.6 Å². The SMILES string of the molecule is O=S(=O)(NC1CCOc2ccc(F)cc21)c1ccc2c(c1)CCC2. The van der Waals surface area contributed by atoms with Crippen molar-refractivity contribution in [3.63, 3.8) is 0 Å². The summed E-state index contributed by atoms with van der Waals surface area (Å²) in [4.78, 5) is 0.271. The van der Waals surface area contributed by atoms with E-state index in [1.54, 1.807) is 18.2 Å². The average molecular weight is 347 g/mol. The zero-order valence-electron chi connectivity index (χ0n) is 13.1. The van der Waals surface area contributed by atoms with E-state index >= 15 is 0 Å². The molecule has 2 aromatic carbocycles. The van der Waals surface area contributed by atoms with Crippen molar-refractivity contribution in [1.82, 2.24) is 4.72 Å². The van der Waals surface area contributed by atoms with Crippen molar-refractivity contribution in [1.29, 1.82) is 0 Å². The number of fused-ring (bicyclic) bond motifs is 2. The molecule has 1 unspecified atom stereocenters. The summed E-state index contributed by atoms with van der Waals surface area (Å²) in [6.07, 6.45) is 3.47. The predicted molar refractivity (Wildman–Crippen MR) is 88.0 cm³/mol. The van der Waals surface area contributed by atoms with Gasteiger partial charge in [0.25, 0.3) is 0 Å². The Labute approximate surface area is 140 Å². The van der Waals surface area contributed by atoms with E-state index in [0.717, 1.165) is 24.8 Å². The minimum absolute atomic E-state index is 0.271. The molecule has 24 heavy (non-hydrogen) atoms. The molecule has 4 rings (SSSR count). The van der Waals surface area contributed by atoms with Gasteiger partial charge in [0.2, 0.25) is 10.0 Å². The molecule has 0 radical (unpaired) electrons. The highest BCUT2D eigenvalue weighted by molar-refractivity contribution is 7.89. The average Bonchev–Trinajstić information content (AvgIpc) is 3.03. The molecule has 0 fully saturated rings. The Kier molecular flexibility index (Phi) is 3.81. The Hall–Kier alpha value is -1.92. The molecule has 126 valence electrons. The summed E-state index contributed by atoms with van der Waals surface area (Å²) in [6, 6.07) is 9.02. The van der Waals surface area contributed by atoms with Crippen LogP contribution in [0, 0.1) is 5.82 Å². The maximum absolute atomic E-state index is 13.5. The lowest BCUT2D eigenvalue weighted by atomic mass is 10.0. The van der Waals surface area contributed by atoms with Gasteiger partial charge in [-0.25, -0.2) is 17.5 Å². The first-order chi connectivity index (χ1) is 11.5. The van der Waals surface area contributed by atoms with E-state index < -0.39 is 21.9 Å². The highest BCUT2D eigenvalue weighted by Crippen LogP contribution is 2.34. The summed E-state index contributed by atoms with van der Waals surface area (Å²) in [5.41, 5.74) is 2.88. The molecule has 0 aromatic heterocycles. The van der Waals surface area contributed by atoms with Crippen LogP contribution in [0.2, 0.25) is 0 Å². The fourth-order valence-corrected chi connectivity index (χ4v) is 4.76. The Balaban J connectivity index is 1.65. The number of nitrogens with one attached hydrogen (secondary N) is 1. The predicted octanol–water partition coefficient (Wildman–Crippen LogP) is 3.12. The van der Waals surface area contributed by atoms with Gasteiger partial charge in [-0.2, -0.15) is 0 Å². The van der Waals surface area contributed by atoms with Crippen LogP contribution in [0.4, 0.5) is 4.39 Å². The number of halogens is 1. The zero-order valence-corrected chi connectivity index (χ0v) is 13.9. The lowest BCUT2D eigenvalue weighted by Crippen LogP contribution is -2.32. The molecule has 2 aromatic rings. The van der Waals surface area contributed by atoms with Gasteiger partial charge in [-0.3, -0.25) is 0 Å². The van der Waals surface area contributed by atoms with Crippen molar-refractivity contribution in [3.05, 3.63) is 58.9 Å². The number of hydrogen-bond acceptors (Lipinski definition) is 3. The van der Waals surface area contributed by atoms with Gasteiger partial charge in [0.05, 0.1) is 17.5 Å².